The van der Waals surface area contributed by atoms with E-state index in [9.17, 15) is 0 Å². The Morgan fingerprint density at radius 3 is 2.75 bits per heavy atom. The zero-order chi connectivity index (χ0) is 6.04. The summed E-state index contributed by atoms with van der Waals surface area (Å²) >= 11 is 0. The second-order valence-electron chi connectivity index (χ2n) is 1.84. The summed E-state index contributed by atoms with van der Waals surface area (Å²) in [5.41, 5.74) is -0.681. The largest absolute Gasteiger partial charge is 0.392 e. The van der Waals surface area contributed by atoms with Crippen LogP contribution in [0.1, 0.15) is 6.92 Å². The fraction of sp³-hybridized carbons (Fsp3) is 0.750. The first kappa shape index (κ1) is 5.37. The summed E-state index contributed by atoms with van der Waals surface area (Å²) in [6, 6.07) is 0. The molecule has 0 fully saturated rings. The summed E-state index contributed by atoms with van der Waals surface area (Å²) in [7, 11) is 0. The van der Waals surface area contributed by atoms with Gasteiger partial charge in [-0.15, -0.1) is 5.11 Å². The zero-order valence-corrected chi connectivity index (χ0v) is 4.57. The van der Waals surface area contributed by atoms with Crippen molar-refractivity contribution in [3.63, 3.8) is 0 Å². The molecule has 0 aromatic heterocycles. The molecule has 4 heteroatoms. The smallest absolute Gasteiger partial charge is 0.192 e. The Morgan fingerprint density at radius 1 is 1.75 bits per heavy atom. The third-order valence-electron chi connectivity index (χ3n) is 0.960. The van der Waals surface area contributed by atoms with Crippen molar-refractivity contribution in [2.24, 2.45) is 15.2 Å². The molecule has 44 valence electrons. The van der Waals surface area contributed by atoms with Gasteiger partial charge in [-0.05, 0) is 6.92 Å². The van der Waals surface area contributed by atoms with Gasteiger partial charge >= 0.3 is 0 Å². The van der Waals surface area contributed by atoms with E-state index in [2.05, 4.69) is 15.2 Å². The highest BCUT2D eigenvalue weighted by Crippen LogP contribution is 2.14. The SMILES string of the molecule is CC1(CO)N=CN=N1. The summed E-state index contributed by atoms with van der Waals surface area (Å²) in [6.07, 6.45) is 1.34. The average molecular weight is 113 g/mol. The van der Waals surface area contributed by atoms with Gasteiger partial charge in [-0.25, -0.2) is 4.99 Å². The van der Waals surface area contributed by atoms with E-state index in [1.807, 2.05) is 0 Å². The Morgan fingerprint density at radius 2 is 2.50 bits per heavy atom. The van der Waals surface area contributed by atoms with Gasteiger partial charge in [0.25, 0.3) is 0 Å². The molecule has 1 N–H and O–H groups in total. The number of azo groups is 1. The van der Waals surface area contributed by atoms with Gasteiger partial charge in [-0.1, -0.05) is 0 Å². The molecule has 4 nitrogen and oxygen atoms in total. The van der Waals surface area contributed by atoms with Gasteiger partial charge in [0.1, 0.15) is 6.34 Å². The first-order valence-electron chi connectivity index (χ1n) is 2.33. The van der Waals surface area contributed by atoms with E-state index in [0.717, 1.165) is 0 Å². The predicted octanol–water partition coefficient (Wildman–Crippen LogP) is 0.189. The fourth-order valence-electron chi connectivity index (χ4n) is 0.399. The Hall–Kier alpha value is -0.770. The lowest BCUT2D eigenvalue weighted by molar-refractivity contribution is 0.216. The molecule has 1 aliphatic rings. The van der Waals surface area contributed by atoms with Crippen LogP contribution < -0.4 is 0 Å². The van der Waals surface area contributed by atoms with Gasteiger partial charge in [0.05, 0.1) is 6.61 Å². The molecule has 1 heterocycles. The van der Waals surface area contributed by atoms with Crippen LogP contribution in [0.4, 0.5) is 0 Å². The maximum Gasteiger partial charge on any atom is 0.192 e. The monoisotopic (exact) mass is 113 g/mol. The van der Waals surface area contributed by atoms with Crippen LogP contribution in [0, 0.1) is 0 Å². The highest BCUT2D eigenvalue weighted by Gasteiger charge is 2.22. The van der Waals surface area contributed by atoms with Gasteiger partial charge in [-0.2, -0.15) is 5.11 Å². The third kappa shape index (κ3) is 0.742. The van der Waals surface area contributed by atoms with Crippen LogP contribution >= 0.6 is 0 Å². The lowest BCUT2D eigenvalue weighted by Crippen LogP contribution is -2.20. The molecule has 0 bridgehead atoms. The Labute approximate surface area is 47.0 Å². The quantitative estimate of drug-likeness (QED) is 0.518. The van der Waals surface area contributed by atoms with E-state index in [1.54, 1.807) is 6.92 Å². The Bertz CT molecular complexity index is 128. The van der Waals surface area contributed by atoms with Gasteiger partial charge < -0.3 is 5.11 Å². The standard InChI is InChI=1S/C4H7N3O/c1-4(2-8)5-3-6-7-4/h3,8H,2H2,1H3. The molecular formula is C4H7N3O. The summed E-state index contributed by atoms with van der Waals surface area (Å²) in [4.78, 5) is 3.78. The van der Waals surface area contributed by atoms with E-state index in [-0.39, 0.29) is 6.61 Å². The summed E-state index contributed by atoms with van der Waals surface area (Å²) < 4.78 is 0. The van der Waals surface area contributed by atoms with Crippen molar-refractivity contribution in [3.8, 4) is 0 Å². The second-order valence-corrected chi connectivity index (χ2v) is 1.84. The lowest BCUT2D eigenvalue weighted by Gasteiger charge is -2.08. The molecule has 0 aromatic carbocycles. The van der Waals surface area contributed by atoms with Crippen molar-refractivity contribution >= 4 is 6.34 Å². The summed E-state index contributed by atoms with van der Waals surface area (Å²) in [5, 5.41) is 15.7. The van der Waals surface area contributed by atoms with Crippen LogP contribution in [0.25, 0.3) is 0 Å². The van der Waals surface area contributed by atoms with E-state index in [1.165, 1.54) is 6.34 Å². The summed E-state index contributed by atoms with van der Waals surface area (Å²) in [6.45, 7) is 1.63. The highest BCUT2D eigenvalue weighted by atomic mass is 16.3. The molecule has 0 radical (unpaired) electrons. The zero-order valence-electron chi connectivity index (χ0n) is 4.57. The van der Waals surface area contributed by atoms with Crippen LogP contribution in [0.5, 0.6) is 0 Å². The molecule has 0 saturated heterocycles. The number of rotatable bonds is 1. The number of hydrogen-bond donors (Lipinski definition) is 1. The predicted molar refractivity (Wildman–Crippen MR) is 28.8 cm³/mol. The maximum atomic E-state index is 8.56. The molecule has 8 heavy (non-hydrogen) atoms. The van der Waals surface area contributed by atoms with E-state index in [4.69, 9.17) is 5.11 Å². The molecule has 0 amide bonds. The van der Waals surface area contributed by atoms with Crippen molar-refractivity contribution in [1.29, 1.82) is 0 Å². The second kappa shape index (κ2) is 1.63. The topological polar surface area (TPSA) is 57.3 Å². The van der Waals surface area contributed by atoms with Gasteiger partial charge in [0.2, 0.25) is 0 Å². The van der Waals surface area contributed by atoms with Crippen LogP contribution in [0.3, 0.4) is 0 Å². The van der Waals surface area contributed by atoms with Crippen LogP contribution in [0.15, 0.2) is 15.2 Å². The number of aliphatic hydroxyl groups is 1. The van der Waals surface area contributed by atoms with Crippen LogP contribution in [-0.2, 0) is 0 Å². The molecule has 0 aliphatic carbocycles. The number of aliphatic hydroxyl groups excluding tert-OH is 1. The molecule has 0 saturated carbocycles. The molecule has 1 aliphatic heterocycles. The van der Waals surface area contributed by atoms with Crippen molar-refractivity contribution in [1.82, 2.24) is 0 Å². The molecule has 1 rings (SSSR count). The minimum absolute atomic E-state index is 0.0764. The minimum atomic E-state index is -0.681. The Kier molecular flexibility index (Phi) is 1.09. The van der Waals surface area contributed by atoms with Gasteiger partial charge in [0.15, 0.2) is 5.66 Å². The molecule has 1 unspecified atom stereocenters. The van der Waals surface area contributed by atoms with Crippen molar-refractivity contribution < 1.29 is 5.11 Å². The van der Waals surface area contributed by atoms with Crippen molar-refractivity contribution in [2.75, 3.05) is 6.61 Å². The molecule has 0 aromatic rings. The number of nitrogens with zero attached hydrogens (tertiary/aromatic N) is 3. The van der Waals surface area contributed by atoms with Crippen molar-refractivity contribution in [3.05, 3.63) is 0 Å². The first-order valence-corrected chi connectivity index (χ1v) is 2.33. The Balaban J connectivity index is 2.69. The normalized spacial score (nSPS) is 34.2. The number of hydrogen-bond acceptors (Lipinski definition) is 4. The van der Waals surface area contributed by atoms with E-state index in [0.29, 0.717) is 0 Å². The first-order chi connectivity index (χ1) is 3.77. The van der Waals surface area contributed by atoms with E-state index < -0.39 is 5.66 Å². The lowest BCUT2D eigenvalue weighted by atomic mass is 10.3. The van der Waals surface area contributed by atoms with Gasteiger partial charge in [-0.3, -0.25) is 0 Å². The third-order valence-corrected chi connectivity index (χ3v) is 0.960. The van der Waals surface area contributed by atoms with Gasteiger partial charge in [0, 0.05) is 0 Å². The molecule has 0 spiro atoms. The van der Waals surface area contributed by atoms with Crippen LogP contribution in [-0.4, -0.2) is 23.7 Å². The fourth-order valence-corrected chi connectivity index (χ4v) is 0.399. The molecule has 1 atom stereocenters. The van der Waals surface area contributed by atoms with E-state index >= 15 is 0 Å². The highest BCUT2D eigenvalue weighted by molar-refractivity contribution is 5.57. The molecular weight excluding hydrogens is 106 g/mol. The maximum absolute atomic E-state index is 8.56. The minimum Gasteiger partial charge on any atom is -0.392 e. The number of aliphatic imine (C=N–C) groups is 1. The van der Waals surface area contributed by atoms with Crippen molar-refractivity contribution in [2.45, 2.75) is 12.6 Å². The average Bonchev–Trinajstić information content (AvgIpc) is 2.17. The summed E-state index contributed by atoms with van der Waals surface area (Å²) in [5.74, 6) is 0. The van der Waals surface area contributed by atoms with Crippen LogP contribution in [0.2, 0.25) is 0 Å².